The SMILES string of the molecule is CCCCCCCOc1ccc(C(=O)Oc2ccc(CC(NC(=O)c3ccc(NC(=O)Cc4ccc(Cl)cc4)cc3)C(=O)O)cc2)cc1. The minimum absolute atomic E-state index is 0.00814. The number of rotatable bonds is 17. The van der Waals surface area contributed by atoms with Gasteiger partial charge in [-0.3, -0.25) is 9.59 Å². The van der Waals surface area contributed by atoms with Crippen LogP contribution in [0.3, 0.4) is 0 Å². The summed E-state index contributed by atoms with van der Waals surface area (Å²) in [5.41, 5.74) is 2.53. The summed E-state index contributed by atoms with van der Waals surface area (Å²) in [6, 6.07) is 25.1. The molecule has 2 amide bonds. The number of aliphatic carboxylic acids is 1. The predicted octanol–water partition coefficient (Wildman–Crippen LogP) is 7.52. The molecule has 0 aliphatic heterocycles. The van der Waals surface area contributed by atoms with Crippen LogP contribution in [0, 0.1) is 0 Å². The Bertz CT molecular complexity index is 1660. The summed E-state index contributed by atoms with van der Waals surface area (Å²) in [7, 11) is 0. The lowest BCUT2D eigenvalue weighted by molar-refractivity contribution is -0.139. The van der Waals surface area contributed by atoms with E-state index >= 15 is 0 Å². The van der Waals surface area contributed by atoms with E-state index in [-0.39, 0.29) is 24.3 Å². The van der Waals surface area contributed by atoms with E-state index in [9.17, 15) is 24.3 Å². The van der Waals surface area contributed by atoms with Gasteiger partial charge in [0.15, 0.2) is 0 Å². The standard InChI is InChI=1S/C38H39ClN2O7/c1-2-3-4-5-6-23-47-32-21-13-29(14-22-32)38(46)48-33-19-9-26(10-20-33)24-34(37(44)45)41-36(43)28-11-17-31(18-12-28)40-35(42)25-27-7-15-30(39)16-8-27/h7-22,34H,2-6,23-25H2,1H3,(H,40,42)(H,41,43)(H,44,45). The van der Waals surface area contributed by atoms with Crippen LogP contribution in [-0.4, -0.2) is 41.5 Å². The van der Waals surface area contributed by atoms with Gasteiger partial charge >= 0.3 is 11.9 Å². The van der Waals surface area contributed by atoms with Crippen molar-refractivity contribution in [3.63, 3.8) is 0 Å². The van der Waals surface area contributed by atoms with Gasteiger partial charge in [0.2, 0.25) is 5.91 Å². The van der Waals surface area contributed by atoms with Crippen LogP contribution in [-0.2, 0) is 22.4 Å². The molecule has 48 heavy (non-hydrogen) atoms. The molecule has 9 nitrogen and oxygen atoms in total. The van der Waals surface area contributed by atoms with Gasteiger partial charge < -0.3 is 25.2 Å². The number of amides is 2. The van der Waals surface area contributed by atoms with Gasteiger partial charge in [0, 0.05) is 22.7 Å². The van der Waals surface area contributed by atoms with Crippen LogP contribution in [0.15, 0.2) is 97.1 Å². The first-order chi connectivity index (χ1) is 23.2. The molecule has 1 unspecified atom stereocenters. The first-order valence-corrected chi connectivity index (χ1v) is 16.3. The summed E-state index contributed by atoms with van der Waals surface area (Å²) in [5, 5.41) is 15.7. The Kier molecular flexibility index (Phi) is 13.6. The number of hydrogen-bond donors (Lipinski definition) is 3. The first kappa shape index (κ1) is 35.7. The smallest absolute Gasteiger partial charge is 0.343 e. The van der Waals surface area contributed by atoms with Crippen molar-refractivity contribution in [3.8, 4) is 11.5 Å². The molecule has 0 aromatic heterocycles. The molecule has 0 radical (unpaired) electrons. The summed E-state index contributed by atoms with van der Waals surface area (Å²) in [6.45, 7) is 2.81. The first-order valence-electron chi connectivity index (χ1n) is 15.9. The molecule has 4 aromatic rings. The van der Waals surface area contributed by atoms with Crippen molar-refractivity contribution in [2.45, 2.75) is 57.9 Å². The molecule has 3 N–H and O–H groups in total. The molecule has 0 fully saturated rings. The van der Waals surface area contributed by atoms with Crippen molar-refractivity contribution in [2.24, 2.45) is 0 Å². The number of ether oxygens (including phenoxy) is 2. The average molecular weight is 671 g/mol. The zero-order valence-electron chi connectivity index (χ0n) is 26.7. The molecule has 0 saturated carbocycles. The van der Waals surface area contributed by atoms with Crippen molar-refractivity contribution in [2.75, 3.05) is 11.9 Å². The number of nitrogens with one attached hydrogen (secondary N) is 2. The van der Waals surface area contributed by atoms with Gasteiger partial charge in [0.25, 0.3) is 5.91 Å². The molecule has 4 rings (SSSR count). The van der Waals surface area contributed by atoms with Crippen LogP contribution in [0.25, 0.3) is 0 Å². The van der Waals surface area contributed by atoms with Crippen LogP contribution >= 0.6 is 11.6 Å². The van der Waals surface area contributed by atoms with E-state index in [1.165, 1.54) is 31.4 Å². The maximum absolute atomic E-state index is 12.8. The molecule has 0 aliphatic rings. The van der Waals surface area contributed by atoms with E-state index in [0.29, 0.717) is 39.9 Å². The van der Waals surface area contributed by atoms with Crippen molar-refractivity contribution in [3.05, 3.63) is 124 Å². The summed E-state index contributed by atoms with van der Waals surface area (Å²) < 4.78 is 11.2. The van der Waals surface area contributed by atoms with E-state index in [1.54, 1.807) is 84.9 Å². The van der Waals surface area contributed by atoms with Crippen LogP contribution in [0.5, 0.6) is 11.5 Å². The highest BCUT2D eigenvalue weighted by Gasteiger charge is 2.21. The lowest BCUT2D eigenvalue weighted by Gasteiger charge is -2.15. The second-order valence-corrected chi connectivity index (χ2v) is 11.8. The second-order valence-electron chi connectivity index (χ2n) is 11.3. The zero-order chi connectivity index (χ0) is 34.3. The molecule has 4 aromatic carbocycles. The van der Waals surface area contributed by atoms with Gasteiger partial charge in [0.1, 0.15) is 17.5 Å². The minimum Gasteiger partial charge on any atom is -0.494 e. The fourth-order valence-electron chi connectivity index (χ4n) is 4.82. The molecule has 250 valence electrons. The molecule has 10 heteroatoms. The Morgan fingerprint density at radius 3 is 1.98 bits per heavy atom. The number of esters is 1. The largest absolute Gasteiger partial charge is 0.494 e. The highest BCUT2D eigenvalue weighted by molar-refractivity contribution is 6.30. The predicted molar refractivity (Wildman–Crippen MR) is 185 cm³/mol. The van der Waals surface area contributed by atoms with Crippen LogP contribution in [0.2, 0.25) is 5.02 Å². The summed E-state index contributed by atoms with van der Waals surface area (Å²) in [4.78, 5) is 49.8. The van der Waals surface area contributed by atoms with Crippen LogP contribution in [0.4, 0.5) is 5.69 Å². The monoisotopic (exact) mass is 670 g/mol. The third-order valence-corrected chi connectivity index (χ3v) is 7.74. The summed E-state index contributed by atoms with van der Waals surface area (Å²) in [6.07, 6.45) is 5.92. The normalized spacial score (nSPS) is 11.3. The number of carbonyl (C=O) groups excluding carboxylic acids is 3. The Morgan fingerprint density at radius 2 is 1.33 bits per heavy atom. The quantitative estimate of drug-likeness (QED) is 0.0602. The molecule has 0 saturated heterocycles. The van der Waals surface area contributed by atoms with Crippen molar-refractivity contribution < 1.29 is 33.8 Å². The molecule has 0 bridgehead atoms. The molecule has 0 aliphatic carbocycles. The van der Waals surface area contributed by atoms with E-state index in [4.69, 9.17) is 21.1 Å². The van der Waals surface area contributed by atoms with E-state index in [2.05, 4.69) is 17.6 Å². The second kappa shape index (κ2) is 18.3. The fourth-order valence-corrected chi connectivity index (χ4v) is 4.94. The topological polar surface area (TPSA) is 131 Å². The molecule has 1 atom stereocenters. The van der Waals surface area contributed by atoms with E-state index in [1.807, 2.05) is 0 Å². The maximum Gasteiger partial charge on any atom is 0.343 e. The Morgan fingerprint density at radius 1 is 0.729 bits per heavy atom. The number of carbonyl (C=O) groups is 4. The maximum atomic E-state index is 12.8. The van der Waals surface area contributed by atoms with Gasteiger partial charge in [-0.15, -0.1) is 0 Å². The van der Waals surface area contributed by atoms with Crippen molar-refractivity contribution in [1.82, 2.24) is 5.32 Å². The van der Waals surface area contributed by atoms with Crippen molar-refractivity contribution >= 4 is 41.0 Å². The van der Waals surface area contributed by atoms with E-state index in [0.717, 1.165) is 18.4 Å². The molecular weight excluding hydrogens is 632 g/mol. The Labute approximate surface area is 285 Å². The van der Waals surface area contributed by atoms with E-state index < -0.39 is 23.9 Å². The van der Waals surface area contributed by atoms with Crippen molar-refractivity contribution in [1.29, 1.82) is 0 Å². The summed E-state index contributed by atoms with van der Waals surface area (Å²) in [5.74, 6) is -1.55. The van der Waals surface area contributed by atoms with Gasteiger partial charge in [-0.1, -0.05) is 68.5 Å². The summed E-state index contributed by atoms with van der Waals surface area (Å²) >= 11 is 5.89. The number of carboxylic acid groups (broad SMARTS) is 1. The minimum atomic E-state index is -1.21. The molecular formula is C38H39ClN2O7. The third kappa shape index (κ3) is 11.6. The molecule has 0 spiro atoms. The Hall–Kier alpha value is -5.15. The highest BCUT2D eigenvalue weighted by Crippen LogP contribution is 2.19. The lowest BCUT2D eigenvalue weighted by atomic mass is 10.0. The Balaban J connectivity index is 1.24. The van der Waals surface area contributed by atoms with Gasteiger partial charge in [-0.05, 0) is 90.3 Å². The fraction of sp³-hybridized carbons (Fsp3) is 0.263. The number of carboxylic acids is 1. The van der Waals surface area contributed by atoms with Gasteiger partial charge in [-0.2, -0.15) is 0 Å². The van der Waals surface area contributed by atoms with Gasteiger partial charge in [-0.25, -0.2) is 9.59 Å². The number of anilines is 1. The van der Waals surface area contributed by atoms with Gasteiger partial charge in [0.05, 0.1) is 18.6 Å². The average Bonchev–Trinajstić information content (AvgIpc) is 3.08. The highest BCUT2D eigenvalue weighted by atomic mass is 35.5. The number of benzene rings is 4. The van der Waals surface area contributed by atoms with Crippen LogP contribution in [0.1, 0.15) is 70.9 Å². The molecule has 0 heterocycles. The zero-order valence-corrected chi connectivity index (χ0v) is 27.5. The number of hydrogen-bond acceptors (Lipinski definition) is 6. The van der Waals surface area contributed by atoms with Crippen LogP contribution < -0.4 is 20.1 Å². The number of halogens is 1. The number of unbranched alkanes of at least 4 members (excludes halogenated alkanes) is 4. The third-order valence-electron chi connectivity index (χ3n) is 7.49. The lowest BCUT2D eigenvalue weighted by Crippen LogP contribution is -2.42.